The molecule has 0 bridgehead atoms. The Morgan fingerprint density at radius 3 is 3.07 bits per heavy atom. The number of anilines is 1. The summed E-state index contributed by atoms with van der Waals surface area (Å²) in [7, 11) is 1.36. The average Bonchev–Trinajstić information content (AvgIpc) is 2.58. The maximum absolute atomic E-state index is 11.1. The van der Waals surface area contributed by atoms with Gasteiger partial charge in [0.15, 0.2) is 10.8 Å². The maximum Gasteiger partial charge on any atom is 0.357 e. The number of esters is 1. The summed E-state index contributed by atoms with van der Waals surface area (Å²) in [5.41, 5.74) is 0.388. The molecule has 1 saturated carbocycles. The molecule has 0 radical (unpaired) electrons. The zero-order valence-corrected chi connectivity index (χ0v) is 8.76. The molecule has 76 valence electrons. The topological polar surface area (TPSA) is 51.2 Å². The normalized spacial score (nSPS) is 16.1. The molecule has 1 aliphatic rings. The number of thiazole rings is 1. The van der Waals surface area contributed by atoms with E-state index in [1.165, 1.54) is 37.7 Å². The molecule has 0 saturated heterocycles. The Bertz CT molecular complexity index is 333. The number of hydrogen-bond donors (Lipinski definition) is 1. The molecule has 0 atom stereocenters. The van der Waals surface area contributed by atoms with Gasteiger partial charge in [-0.1, -0.05) is 0 Å². The first-order chi connectivity index (χ1) is 6.79. The summed E-state index contributed by atoms with van der Waals surface area (Å²) in [4.78, 5) is 15.2. The number of carbonyl (C=O) groups is 1. The van der Waals surface area contributed by atoms with Crippen molar-refractivity contribution in [2.45, 2.75) is 25.3 Å². The molecule has 0 unspecified atom stereocenters. The summed E-state index contributed by atoms with van der Waals surface area (Å²) >= 11 is 1.45. The summed E-state index contributed by atoms with van der Waals surface area (Å²) in [5, 5.41) is 5.81. The van der Waals surface area contributed by atoms with E-state index in [4.69, 9.17) is 0 Å². The van der Waals surface area contributed by atoms with Crippen LogP contribution in [0.1, 0.15) is 29.8 Å². The van der Waals surface area contributed by atoms with E-state index in [2.05, 4.69) is 15.0 Å². The third-order valence-electron chi connectivity index (χ3n) is 2.33. The van der Waals surface area contributed by atoms with E-state index in [-0.39, 0.29) is 5.97 Å². The monoisotopic (exact) mass is 212 g/mol. The molecule has 14 heavy (non-hydrogen) atoms. The van der Waals surface area contributed by atoms with Crippen molar-refractivity contribution >= 4 is 22.4 Å². The van der Waals surface area contributed by atoms with Crippen molar-refractivity contribution in [1.29, 1.82) is 0 Å². The van der Waals surface area contributed by atoms with Gasteiger partial charge in [-0.05, 0) is 19.3 Å². The highest BCUT2D eigenvalue weighted by Crippen LogP contribution is 2.25. The van der Waals surface area contributed by atoms with Crippen LogP contribution in [0.4, 0.5) is 5.13 Å². The first-order valence-electron chi connectivity index (χ1n) is 4.60. The van der Waals surface area contributed by atoms with Gasteiger partial charge >= 0.3 is 5.97 Å². The number of methoxy groups -OCH3 is 1. The molecule has 0 amide bonds. The van der Waals surface area contributed by atoms with Gasteiger partial charge in [-0.25, -0.2) is 9.78 Å². The summed E-state index contributed by atoms with van der Waals surface area (Å²) < 4.78 is 4.57. The van der Waals surface area contributed by atoms with Crippen LogP contribution in [0.25, 0.3) is 0 Å². The third-order valence-corrected chi connectivity index (χ3v) is 3.10. The van der Waals surface area contributed by atoms with Gasteiger partial charge in [0.1, 0.15) is 0 Å². The fraction of sp³-hybridized carbons (Fsp3) is 0.556. The van der Waals surface area contributed by atoms with Gasteiger partial charge in [0.25, 0.3) is 0 Å². The number of nitrogens with zero attached hydrogens (tertiary/aromatic N) is 1. The largest absolute Gasteiger partial charge is 0.464 e. The van der Waals surface area contributed by atoms with Crippen LogP contribution in [0.3, 0.4) is 0 Å². The molecule has 0 spiro atoms. The second-order valence-corrected chi connectivity index (χ2v) is 4.16. The highest BCUT2D eigenvalue weighted by atomic mass is 32.1. The number of aromatic nitrogens is 1. The Morgan fingerprint density at radius 1 is 1.71 bits per heavy atom. The molecule has 0 aromatic carbocycles. The zero-order valence-electron chi connectivity index (χ0n) is 7.95. The number of rotatable bonds is 3. The molecule has 4 nitrogen and oxygen atoms in total. The maximum atomic E-state index is 11.1. The average molecular weight is 212 g/mol. The van der Waals surface area contributed by atoms with E-state index in [1.54, 1.807) is 5.38 Å². The summed E-state index contributed by atoms with van der Waals surface area (Å²) in [6.45, 7) is 0. The fourth-order valence-corrected chi connectivity index (χ4v) is 2.02. The van der Waals surface area contributed by atoms with E-state index in [0.29, 0.717) is 11.7 Å². The summed E-state index contributed by atoms with van der Waals surface area (Å²) in [6, 6.07) is 0.548. The molecule has 1 N–H and O–H groups in total. The molecule has 1 heterocycles. The van der Waals surface area contributed by atoms with Crippen LogP contribution in [0.15, 0.2) is 5.38 Å². The quantitative estimate of drug-likeness (QED) is 0.777. The minimum absolute atomic E-state index is 0.372. The predicted molar refractivity (Wildman–Crippen MR) is 54.7 cm³/mol. The van der Waals surface area contributed by atoms with Crippen molar-refractivity contribution in [3.63, 3.8) is 0 Å². The van der Waals surface area contributed by atoms with E-state index < -0.39 is 0 Å². The SMILES string of the molecule is COC(=O)c1csc(NC2CCC2)n1. The van der Waals surface area contributed by atoms with Crippen LogP contribution in [-0.4, -0.2) is 24.1 Å². The van der Waals surface area contributed by atoms with Crippen molar-refractivity contribution < 1.29 is 9.53 Å². The molecule has 1 aromatic heterocycles. The van der Waals surface area contributed by atoms with Crippen molar-refractivity contribution in [2.24, 2.45) is 0 Å². The van der Waals surface area contributed by atoms with Crippen molar-refractivity contribution in [1.82, 2.24) is 4.98 Å². The third kappa shape index (κ3) is 1.87. The highest BCUT2D eigenvalue weighted by molar-refractivity contribution is 7.13. The molecule has 1 aromatic rings. The standard InChI is InChI=1S/C9H12N2O2S/c1-13-8(12)7-5-14-9(11-7)10-6-3-2-4-6/h5-6H,2-4H2,1H3,(H,10,11). The van der Waals surface area contributed by atoms with E-state index in [0.717, 1.165) is 5.13 Å². The Balaban J connectivity index is 1.98. The number of ether oxygens (including phenoxy) is 1. The van der Waals surface area contributed by atoms with Crippen molar-refractivity contribution in [2.75, 3.05) is 12.4 Å². The molecule has 2 rings (SSSR count). The predicted octanol–water partition coefficient (Wildman–Crippen LogP) is 1.89. The first-order valence-corrected chi connectivity index (χ1v) is 5.48. The lowest BCUT2D eigenvalue weighted by Crippen LogP contribution is -2.26. The minimum Gasteiger partial charge on any atom is -0.464 e. The lowest BCUT2D eigenvalue weighted by atomic mass is 9.93. The number of carbonyl (C=O) groups excluding carboxylic acids is 1. The Labute approximate surface area is 86.3 Å². The van der Waals surface area contributed by atoms with Gasteiger partial charge in [0, 0.05) is 11.4 Å². The number of nitrogens with one attached hydrogen (secondary N) is 1. The Hall–Kier alpha value is -1.10. The van der Waals surface area contributed by atoms with Gasteiger partial charge in [-0.15, -0.1) is 11.3 Å². The fourth-order valence-electron chi connectivity index (χ4n) is 1.27. The smallest absolute Gasteiger partial charge is 0.357 e. The first kappa shape index (κ1) is 9.45. The minimum atomic E-state index is -0.372. The molecule has 5 heteroatoms. The molecule has 0 aliphatic heterocycles. The van der Waals surface area contributed by atoms with E-state index in [1.807, 2.05) is 0 Å². The van der Waals surface area contributed by atoms with Gasteiger partial charge < -0.3 is 10.1 Å². The van der Waals surface area contributed by atoms with Gasteiger partial charge in [0.2, 0.25) is 0 Å². The van der Waals surface area contributed by atoms with Gasteiger partial charge in [0.05, 0.1) is 7.11 Å². The molecule has 1 aliphatic carbocycles. The van der Waals surface area contributed by atoms with Crippen LogP contribution in [-0.2, 0) is 4.74 Å². The summed E-state index contributed by atoms with van der Waals surface area (Å²) in [5.74, 6) is -0.372. The second-order valence-electron chi connectivity index (χ2n) is 3.30. The van der Waals surface area contributed by atoms with Crippen LogP contribution < -0.4 is 5.32 Å². The lowest BCUT2D eigenvalue weighted by molar-refractivity contribution is 0.0595. The molecular weight excluding hydrogens is 200 g/mol. The van der Waals surface area contributed by atoms with Gasteiger partial charge in [-0.3, -0.25) is 0 Å². The highest BCUT2D eigenvalue weighted by Gasteiger charge is 2.19. The molecule has 1 fully saturated rings. The van der Waals surface area contributed by atoms with Crippen LogP contribution >= 0.6 is 11.3 Å². The van der Waals surface area contributed by atoms with Crippen LogP contribution in [0.2, 0.25) is 0 Å². The van der Waals surface area contributed by atoms with Gasteiger partial charge in [-0.2, -0.15) is 0 Å². The van der Waals surface area contributed by atoms with Crippen molar-refractivity contribution in [3.05, 3.63) is 11.1 Å². The molecular formula is C9H12N2O2S. The van der Waals surface area contributed by atoms with Crippen LogP contribution in [0.5, 0.6) is 0 Å². The van der Waals surface area contributed by atoms with E-state index in [9.17, 15) is 4.79 Å². The second kappa shape index (κ2) is 3.96. The lowest BCUT2D eigenvalue weighted by Gasteiger charge is -2.25. The van der Waals surface area contributed by atoms with E-state index >= 15 is 0 Å². The van der Waals surface area contributed by atoms with Crippen molar-refractivity contribution in [3.8, 4) is 0 Å². The zero-order chi connectivity index (χ0) is 9.97. The summed E-state index contributed by atoms with van der Waals surface area (Å²) in [6.07, 6.45) is 3.69. The number of hydrogen-bond acceptors (Lipinski definition) is 5. The van der Waals surface area contributed by atoms with Crippen LogP contribution in [0, 0.1) is 0 Å². The Morgan fingerprint density at radius 2 is 2.50 bits per heavy atom. The Kier molecular flexibility index (Phi) is 2.67.